The highest BCUT2D eigenvalue weighted by molar-refractivity contribution is 7.92. The maximum atomic E-state index is 12.1. The predicted octanol–water partition coefficient (Wildman–Crippen LogP) is 1.55. The second-order valence-corrected chi connectivity index (χ2v) is 8.06. The molecule has 9 heteroatoms. The van der Waals surface area contributed by atoms with Crippen molar-refractivity contribution in [2.24, 2.45) is 0 Å². The van der Waals surface area contributed by atoms with Gasteiger partial charge in [0.05, 0.1) is 6.26 Å². The summed E-state index contributed by atoms with van der Waals surface area (Å²) in [6.07, 6.45) is 1.87. The van der Waals surface area contributed by atoms with Gasteiger partial charge >= 0.3 is 0 Å². The van der Waals surface area contributed by atoms with Crippen molar-refractivity contribution >= 4 is 27.5 Å². The minimum absolute atomic E-state index is 0.0975. The molecule has 0 unspecified atom stereocenters. The van der Waals surface area contributed by atoms with E-state index in [0.717, 1.165) is 18.2 Å². The molecule has 2 aromatic rings. The van der Waals surface area contributed by atoms with E-state index in [1.165, 1.54) is 24.3 Å². The number of anilines is 1. The lowest BCUT2D eigenvalue weighted by Gasteiger charge is -2.11. The van der Waals surface area contributed by atoms with Crippen molar-refractivity contribution in [2.75, 3.05) is 30.7 Å². The molecule has 0 aliphatic rings. The van der Waals surface area contributed by atoms with Crippen molar-refractivity contribution in [3.63, 3.8) is 0 Å². The van der Waals surface area contributed by atoms with Crippen molar-refractivity contribution in [2.45, 2.75) is 13.3 Å². The van der Waals surface area contributed by atoms with Crippen molar-refractivity contribution in [1.82, 2.24) is 10.6 Å². The van der Waals surface area contributed by atoms with Crippen LogP contribution < -0.4 is 20.1 Å². The van der Waals surface area contributed by atoms with Gasteiger partial charge in [0.25, 0.3) is 11.8 Å². The first-order valence-electron chi connectivity index (χ1n) is 9.12. The van der Waals surface area contributed by atoms with Crippen LogP contribution in [0.1, 0.15) is 22.8 Å². The standard InChI is InChI=1S/C20H25N3O5S/c1-3-15-6-4-5-7-18(15)28-14-19(24)21-12-13-22-20(25)16-8-10-17(11-9-16)23-29(2,26)27/h4-11,23H,3,12-14H2,1-2H3,(H,21,24)(H,22,25). The van der Waals surface area contributed by atoms with Crippen LogP contribution in [0.3, 0.4) is 0 Å². The van der Waals surface area contributed by atoms with Crippen LogP contribution in [0.25, 0.3) is 0 Å². The van der Waals surface area contributed by atoms with Crippen LogP contribution in [0, 0.1) is 0 Å². The number of amides is 2. The first-order valence-corrected chi connectivity index (χ1v) is 11.0. The average molecular weight is 420 g/mol. The van der Waals surface area contributed by atoms with E-state index in [-0.39, 0.29) is 31.5 Å². The summed E-state index contributed by atoms with van der Waals surface area (Å²) in [7, 11) is -3.36. The predicted molar refractivity (Wildman–Crippen MR) is 112 cm³/mol. The van der Waals surface area contributed by atoms with Gasteiger partial charge in [-0.3, -0.25) is 14.3 Å². The van der Waals surface area contributed by atoms with Gasteiger partial charge in [-0.05, 0) is 42.3 Å². The van der Waals surface area contributed by atoms with Gasteiger partial charge in [-0.2, -0.15) is 0 Å². The van der Waals surface area contributed by atoms with Crippen LogP contribution in [-0.4, -0.2) is 46.2 Å². The van der Waals surface area contributed by atoms with Crippen molar-refractivity contribution in [1.29, 1.82) is 0 Å². The maximum absolute atomic E-state index is 12.1. The Hall–Kier alpha value is -3.07. The number of sulfonamides is 1. The highest BCUT2D eigenvalue weighted by atomic mass is 32.2. The maximum Gasteiger partial charge on any atom is 0.258 e. The summed E-state index contributed by atoms with van der Waals surface area (Å²) in [4.78, 5) is 24.0. The van der Waals surface area contributed by atoms with Gasteiger partial charge in [0.15, 0.2) is 6.61 Å². The van der Waals surface area contributed by atoms with Crippen LogP contribution >= 0.6 is 0 Å². The smallest absolute Gasteiger partial charge is 0.258 e. The molecule has 2 rings (SSSR count). The Morgan fingerprint density at radius 2 is 1.62 bits per heavy atom. The Bertz CT molecular complexity index is 943. The zero-order valence-electron chi connectivity index (χ0n) is 16.4. The molecule has 0 aromatic heterocycles. The summed E-state index contributed by atoms with van der Waals surface area (Å²) >= 11 is 0. The Morgan fingerprint density at radius 3 is 2.28 bits per heavy atom. The van der Waals surface area contributed by atoms with Gasteiger partial charge in [0, 0.05) is 24.3 Å². The molecule has 29 heavy (non-hydrogen) atoms. The molecule has 3 N–H and O–H groups in total. The summed E-state index contributed by atoms with van der Waals surface area (Å²) in [5.74, 6) is 0.0897. The fourth-order valence-electron chi connectivity index (χ4n) is 2.51. The van der Waals surface area contributed by atoms with E-state index in [9.17, 15) is 18.0 Å². The van der Waals surface area contributed by atoms with E-state index in [0.29, 0.717) is 17.0 Å². The number of carbonyl (C=O) groups excluding carboxylic acids is 2. The summed E-state index contributed by atoms with van der Waals surface area (Å²) in [5.41, 5.74) is 1.79. The number of benzene rings is 2. The Morgan fingerprint density at radius 1 is 0.966 bits per heavy atom. The highest BCUT2D eigenvalue weighted by Crippen LogP contribution is 2.17. The van der Waals surface area contributed by atoms with Crippen LogP contribution in [0.15, 0.2) is 48.5 Å². The second-order valence-electron chi connectivity index (χ2n) is 6.31. The fourth-order valence-corrected chi connectivity index (χ4v) is 3.08. The average Bonchev–Trinajstić information content (AvgIpc) is 2.69. The molecule has 0 radical (unpaired) electrons. The lowest BCUT2D eigenvalue weighted by atomic mass is 10.1. The number of aryl methyl sites for hydroxylation is 1. The first kappa shape index (κ1) is 22.2. The number of para-hydroxylation sites is 1. The number of rotatable bonds is 10. The summed E-state index contributed by atoms with van der Waals surface area (Å²) in [6, 6.07) is 13.6. The Balaban J connectivity index is 1.70. The monoisotopic (exact) mass is 419 g/mol. The van der Waals surface area contributed by atoms with Crippen LogP contribution in [-0.2, 0) is 21.2 Å². The SMILES string of the molecule is CCc1ccccc1OCC(=O)NCCNC(=O)c1ccc(NS(C)(=O)=O)cc1. The van der Waals surface area contributed by atoms with Gasteiger partial charge in [0.2, 0.25) is 10.0 Å². The number of ether oxygens (including phenoxy) is 1. The van der Waals surface area contributed by atoms with Gasteiger partial charge in [-0.25, -0.2) is 8.42 Å². The summed E-state index contributed by atoms with van der Waals surface area (Å²) < 4.78 is 30.2. The quantitative estimate of drug-likeness (QED) is 0.506. The fraction of sp³-hybridized carbons (Fsp3) is 0.300. The molecular weight excluding hydrogens is 394 g/mol. The van der Waals surface area contributed by atoms with Crippen molar-refractivity contribution < 1.29 is 22.7 Å². The molecular formula is C20H25N3O5S. The van der Waals surface area contributed by atoms with E-state index in [1.54, 1.807) is 0 Å². The molecule has 0 spiro atoms. The third-order valence-electron chi connectivity index (χ3n) is 3.90. The van der Waals surface area contributed by atoms with Crippen LogP contribution in [0.4, 0.5) is 5.69 Å². The molecule has 0 bridgehead atoms. The molecule has 2 aromatic carbocycles. The molecule has 0 heterocycles. The van der Waals surface area contributed by atoms with E-state index in [1.807, 2.05) is 31.2 Å². The van der Waals surface area contributed by atoms with E-state index < -0.39 is 10.0 Å². The van der Waals surface area contributed by atoms with Gasteiger partial charge in [-0.15, -0.1) is 0 Å². The van der Waals surface area contributed by atoms with E-state index in [2.05, 4.69) is 15.4 Å². The van der Waals surface area contributed by atoms with Gasteiger partial charge in [-0.1, -0.05) is 25.1 Å². The molecule has 0 saturated carbocycles. The molecule has 156 valence electrons. The third-order valence-corrected chi connectivity index (χ3v) is 4.50. The molecule has 0 fully saturated rings. The van der Waals surface area contributed by atoms with Crippen LogP contribution in [0.2, 0.25) is 0 Å². The van der Waals surface area contributed by atoms with Gasteiger partial charge < -0.3 is 15.4 Å². The molecule has 8 nitrogen and oxygen atoms in total. The zero-order valence-corrected chi connectivity index (χ0v) is 17.2. The van der Waals surface area contributed by atoms with Crippen molar-refractivity contribution in [3.05, 3.63) is 59.7 Å². The number of nitrogens with one attached hydrogen (secondary N) is 3. The van der Waals surface area contributed by atoms with E-state index in [4.69, 9.17) is 4.74 Å². The summed E-state index contributed by atoms with van der Waals surface area (Å²) in [6.45, 7) is 2.43. The lowest BCUT2D eigenvalue weighted by molar-refractivity contribution is -0.123. The Labute approximate surface area is 170 Å². The normalized spacial score (nSPS) is 10.8. The minimum atomic E-state index is -3.36. The second kappa shape index (κ2) is 10.5. The van der Waals surface area contributed by atoms with Crippen LogP contribution in [0.5, 0.6) is 5.75 Å². The summed E-state index contributed by atoms with van der Waals surface area (Å²) in [5, 5.41) is 5.36. The molecule has 0 atom stereocenters. The topological polar surface area (TPSA) is 114 Å². The molecule has 2 amide bonds. The zero-order chi connectivity index (χ0) is 21.3. The van der Waals surface area contributed by atoms with Crippen molar-refractivity contribution in [3.8, 4) is 5.75 Å². The number of hydrogen-bond donors (Lipinski definition) is 3. The largest absolute Gasteiger partial charge is 0.483 e. The third kappa shape index (κ3) is 7.82. The molecule has 0 aliphatic carbocycles. The first-order chi connectivity index (χ1) is 13.8. The minimum Gasteiger partial charge on any atom is -0.483 e. The Kier molecular flexibility index (Phi) is 8.02. The molecule has 0 saturated heterocycles. The van der Waals surface area contributed by atoms with Gasteiger partial charge in [0.1, 0.15) is 5.75 Å². The number of carbonyl (C=O) groups is 2. The lowest BCUT2D eigenvalue weighted by Crippen LogP contribution is -2.36. The highest BCUT2D eigenvalue weighted by Gasteiger charge is 2.08. The van der Waals surface area contributed by atoms with E-state index >= 15 is 0 Å². The molecule has 0 aliphatic heterocycles. The number of hydrogen-bond acceptors (Lipinski definition) is 5.